The Morgan fingerprint density at radius 1 is 1.19 bits per heavy atom. The van der Waals surface area contributed by atoms with Crippen molar-refractivity contribution in [2.24, 2.45) is 0 Å². The second kappa shape index (κ2) is 9.22. The molecule has 2 aliphatic rings. The zero-order valence-electron chi connectivity index (χ0n) is 16.4. The summed E-state index contributed by atoms with van der Waals surface area (Å²) in [6.07, 6.45) is 6.34. The number of likely N-dealkylation sites (tertiary alicyclic amines) is 1. The Balaban J connectivity index is 1.61. The van der Waals surface area contributed by atoms with Gasteiger partial charge in [-0.15, -0.1) is 0 Å². The van der Waals surface area contributed by atoms with Gasteiger partial charge in [0.05, 0.1) is 6.04 Å². The molecule has 1 heterocycles. The minimum atomic E-state index is -0.329. The molecule has 0 spiro atoms. The lowest BCUT2D eigenvalue weighted by Gasteiger charge is -2.34. The van der Waals surface area contributed by atoms with Crippen LogP contribution < -0.4 is 5.32 Å². The van der Waals surface area contributed by atoms with Crippen LogP contribution >= 0.6 is 0 Å². The maximum absolute atomic E-state index is 12.5. The van der Waals surface area contributed by atoms with Crippen molar-refractivity contribution in [2.45, 2.75) is 63.3 Å². The Labute approximate surface area is 161 Å². The van der Waals surface area contributed by atoms with Crippen LogP contribution in [0.5, 0.6) is 0 Å². The highest BCUT2D eigenvalue weighted by atomic mass is 16.6. The van der Waals surface area contributed by atoms with E-state index in [2.05, 4.69) is 10.2 Å². The fourth-order valence-corrected chi connectivity index (χ4v) is 4.33. The number of nitrogens with one attached hydrogen (secondary N) is 1. The monoisotopic (exact) mass is 373 g/mol. The van der Waals surface area contributed by atoms with Crippen molar-refractivity contribution in [3.63, 3.8) is 0 Å². The Hall–Kier alpha value is -2.08. The number of ether oxygens (including phenoxy) is 1. The quantitative estimate of drug-likeness (QED) is 0.862. The highest BCUT2D eigenvalue weighted by molar-refractivity contribution is 5.82. The van der Waals surface area contributed by atoms with Gasteiger partial charge >= 0.3 is 6.09 Å². The summed E-state index contributed by atoms with van der Waals surface area (Å²) in [6.45, 7) is 1.00. The molecular weight excluding hydrogens is 342 g/mol. The van der Waals surface area contributed by atoms with E-state index in [1.165, 1.54) is 19.3 Å². The number of hydrogen-bond acceptors (Lipinski definition) is 4. The molecule has 1 aliphatic heterocycles. The SMILES string of the molecule is CNC(=O)[C@@H]1C[C@H](N(C)C(=O)OCc2ccccc2)CN1C1CCCCC1. The fraction of sp³-hybridized carbons (Fsp3) is 0.619. The molecule has 2 fully saturated rings. The van der Waals surface area contributed by atoms with Gasteiger partial charge in [0.25, 0.3) is 0 Å². The van der Waals surface area contributed by atoms with Gasteiger partial charge in [-0.05, 0) is 24.8 Å². The van der Waals surface area contributed by atoms with E-state index in [0.717, 1.165) is 24.9 Å². The maximum Gasteiger partial charge on any atom is 0.410 e. The van der Waals surface area contributed by atoms with Gasteiger partial charge in [0.15, 0.2) is 0 Å². The Bertz CT molecular complexity index is 631. The molecule has 1 N–H and O–H groups in total. The van der Waals surface area contributed by atoms with E-state index in [0.29, 0.717) is 12.5 Å². The molecule has 3 rings (SSSR count). The van der Waals surface area contributed by atoms with Crippen molar-refractivity contribution in [1.82, 2.24) is 15.1 Å². The van der Waals surface area contributed by atoms with Gasteiger partial charge in [0.1, 0.15) is 6.61 Å². The third-order valence-electron chi connectivity index (χ3n) is 5.95. The lowest BCUT2D eigenvalue weighted by Crippen LogP contribution is -2.47. The summed E-state index contributed by atoms with van der Waals surface area (Å²) in [7, 11) is 3.47. The van der Waals surface area contributed by atoms with E-state index >= 15 is 0 Å². The minimum Gasteiger partial charge on any atom is -0.445 e. The predicted molar refractivity (Wildman–Crippen MR) is 104 cm³/mol. The number of carbonyl (C=O) groups excluding carboxylic acids is 2. The standard InChI is InChI=1S/C21H31N3O3/c1-22-20(25)19-13-18(14-24(19)17-11-7-4-8-12-17)23(2)21(26)27-15-16-9-5-3-6-10-16/h3,5-6,9-10,17-19H,4,7-8,11-15H2,1-2H3,(H,22,25)/t18-,19-/m0/s1. The molecule has 1 aliphatic carbocycles. The number of amides is 2. The van der Waals surface area contributed by atoms with Crippen LogP contribution in [0.25, 0.3) is 0 Å². The first kappa shape index (κ1) is 19.7. The molecule has 0 aromatic heterocycles. The van der Waals surface area contributed by atoms with Gasteiger partial charge in [-0.25, -0.2) is 4.79 Å². The predicted octanol–water partition coefficient (Wildman–Crippen LogP) is 2.78. The van der Waals surface area contributed by atoms with Gasteiger partial charge in [-0.3, -0.25) is 9.69 Å². The van der Waals surface area contributed by atoms with Crippen LogP contribution in [0.1, 0.15) is 44.1 Å². The zero-order chi connectivity index (χ0) is 19.2. The van der Waals surface area contributed by atoms with Gasteiger partial charge in [0.2, 0.25) is 5.91 Å². The molecule has 0 bridgehead atoms. The van der Waals surface area contributed by atoms with Gasteiger partial charge < -0.3 is 15.0 Å². The van der Waals surface area contributed by atoms with Crippen LogP contribution in [0.2, 0.25) is 0 Å². The van der Waals surface area contributed by atoms with E-state index < -0.39 is 0 Å². The second-order valence-corrected chi connectivity index (χ2v) is 7.66. The van der Waals surface area contributed by atoms with Gasteiger partial charge in [-0.2, -0.15) is 0 Å². The molecule has 148 valence electrons. The summed E-state index contributed by atoms with van der Waals surface area (Å²) >= 11 is 0. The number of nitrogens with zero attached hydrogens (tertiary/aromatic N) is 2. The fourth-order valence-electron chi connectivity index (χ4n) is 4.33. The van der Waals surface area contributed by atoms with Crippen LogP contribution in [0.4, 0.5) is 4.79 Å². The average molecular weight is 373 g/mol. The Morgan fingerprint density at radius 2 is 1.89 bits per heavy atom. The summed E-state index contributed by atoms with van der Waals surface area (Å²) in [5.41, 5.74) is 0.970. The van der Waals surface area contributed by atoms with Crippen molar-refractivity contribution < 1.29 is 14.3 Å². The van der Waals surface area contributed by atoms with Crippen LogP contribution in [0, 0.1) is 0 Å². The molecule has 27 heavy (non-hydrogen) atoms. The molecule has 1 saturated heterocycles. The van der Waals surface area contributed by atoms with Crippen molar-refractivity contribution in [2.75, 3.05) is 20.6 Å². The van der Waals surface area contributed by atoms with Crippen LogP contribution in [0.15, 0.2) is 30.3 Å². The van der Waals surface area contributed by atoms with Gasteiger partial charge in [-0.1, -0.05) is 49.6 Å². The third-order valence-corrected chi connectivity index (χ3v) is 5.95. The van der Waals surface area contributed by atoms with Crippen molar-refractivity contribution in [1.29, 1.82) is 0 Å². The van der Waals surface area contributed by atoms with Gasteiger partial charge in [0, 0.05) is 32.7 Å². The van der Waals surface area contributed by atoms with Crippen molar-refractivity contribution >= 4 is 12.0 Å². The zero-order valence-corrected chi connectivity index (χ0v) is 16.4. The van der Waals surface area contributed by atoms with Crippen LogP contribution in [-0.4, -0.2) is 60.6 Å². The van der Waals surface area contributed by atoms with Crippen molar-refractivity contribution in [3.8, 4) is 0 Å². The average Bonchev–Trinajstić information content (AvgIpc) is 3.17. The number of rotatable bonds is 5. The van der Waals surface area contributed by atoms with E-state index in [4.69, 9.17) is 4.74 Å². The summed E-state index contributed by atoms with van der Waals surface area (Å²) < 4.78 is 5.47. The molecular formula is C21H31N3O3. The first-order valence-corrected chi connectivity index (χ1v) is 10.0. The molecule has 2 amide bonds. The molecule has 1 aromatic rings. The highest BCUT2D eigenvalue weighted by Gasteiger charge is 2.42. The molecule has 1 aromatic carbocycles. The normalized spacial score (nSPS) is 23.8. The summed E-state index contributed by atoms with van der Waals surface area (Å²) in [5, 5.41) is 2.80. The summed E-state index contributed by atoms with van der Waals surface area (Å²) in [5.74, 6) is 0.0501. The lowest BCUT2D eigenvalue weighted by atomic mass is 9.93. The Kier molecular flexibility index (Phi) is 6.72. The lowest BCUT2D eigenvalue weighted by molar-refractivity contribution is -0.125. The molecule has 6 nitrogen and oxygen atoms in total. The molecule has 1 saturated carbocycles. The first-order valence-electron chi connectivity index (χ1n) is 10.0. The second-order valence-electron chi connectivity index (χ2n) is 7.66. The maximum atomic E-state index is 12.5. The Morgan fingerprint density at radius 3 is 2.56 bits per heavy atom. The minimum absolute atomic E-state index is 0.00231. The van der Waals surface area contributed by atoms with Crippen LogP contribution in [-0.2, 0) is 16.1 Å². The van der Waals surface area contributed by atoms with E-state index in [-0.39, 0.29) is 30.7 Å². The largest absolute Gasteiger partial charge is 0.445 e. The van der Waals surface area contributed by atoms with Crippen LogP contribution in [0.3, 0.4) is 0 Å². The smallest absolute Gasteiger partial charge is 0.410 e. The topological polar surface area (TPSA) is 61.9 Å². The van der Waals surface area contributed by atoms with E-state index in [1.54, 1.807) is 19.0 Å². The number of carbonyl (C=O) groups is 2. The van der Waals surface area contributed by atoms with E-state index in [1.807, 2.05) is 30.3 Å². The first-order chi connectivity index (χ1) is 13.1. The third kappa shape index (κ3) is 4.80. The number of benzene rings is 1. The number of hydrogen-bond donors (Lipinski definition) is 1. The highest BCUT2D eigenvalue weighted by Crippen LogP contribution is 2.31. The molecule has 6 heteroatoms. The molecule has 0 unspecified atom stereocenters. The molecule has 0 radical (unpaired) electrons. The molecule has 2 atom stereocenters. The van der Waals surface area contributed by atoms with Crippen molar-refractivity contribution in [3.05, 3.63) is 35.9 Å². The summed E-state index contributed by atoms with van der Waals surface area (Å²) in [6, 6.07) is 9.96. The number of likely N-dealkylation sites (N-methyl/N-ethyl adjacent to an activating group) is 2. The summed E-state index contributed by atoms with van der Waals surface area (Å²) in [4.78, 5) is 28.9. The van der Waals surface area contributed by atoms with E-state index in [9.17, 15) is 9.59 Å².